The van der Waals surface area contributed by atoms with Crippen molar-refractivity contribution >= 4 is 39.3 Å². The molecule has 0 spiro atoms. The average molecular weight is 475 g/mol. The van der Waals surface area contributed by atoms with Crippen LogP contribution in [0.15, 0.2) is 61.2 Å². The van der Waals surface area contributed by atoms with Gasteiger partial charge in [-0.05, 0) is 30.3 Å². The van der Waals surface area contributed by atoms with Crippen LogP contribution in [0.3, 0.4) is 0 Å². The first kappa shape index (κ1) is 19.4. The van der Waals surface area contributed by atoms with Crippen molar-refractivity contribution < 1.29 is 13.7 Å². The summed E-state index contributed by atoms with van der Waals surface area (Å²) in [5, 5.41) is 14.3. The Kier molecular flexibility index (Phi) is 6.06. The zero-order valence-electron chi connectivity index (χ0n) is 15.0. The minimum Gasteiger partial charge on any atom is -0.461 e. The Morgan fingerprint density at radius 1 is 1.24 bits per heavy atom. The first-order valence-electron chi connectivity index (χ1n) is 8.62. The van der Waals surface area contributed by atoms with Crippen molar-refractivity contribution in [3.05, 3.63) is 58.8 Å². The number of benzene rings is 1. The van der Waals surface area contributed by atoms with Crippen LogP contribution < -0.4 is 5.32 Å². The molecule has 3 aromatic heterocycles. The number of aromatic nitrogens is 5. The molecule has 0 saturated carbocycles. The molecule has 0 atom stereocenters. The predicted octanol–water partition coefficient (Wildman–Crippen LogP) is 4.07. The van der Waals surface area contributed by atoms with Gasteiger partial charge in [0.25, 0.3) is 0 Å². The van der Waals surface area contributed by atoms with Crippen molar-refractivity contribution in [1.82, 2.24) is 25.3 Å². The molecule has 1 aromatic carbocycles. The van der Waals surface area contributed by atoms with Crippen molar-refractivity contribution in [3.63, 3.8) is 0 Å². The van der Waals surface area contributed by atoms with Crippen LogP contribution in [-0.2, 0) is 17.0 Å². The Balaban J connectivity index is 1.25. The van der Waals surface area contributed by atoms with E-state index in [0.29, 0.717) is 40.6 Å². The second-order valence-electron chi connectivity index (χ2n) is 5.90. The summed E-state index contributed by atoms with van der Waals surface area (Å²) in [6, 6.07) is 11.0. The van der Waals surface area contributed by atoms with Gasteiger partial charge in [-0.3, -0.25) is 9.89 Å². The number of amides is 1. The number of hydrogen-bond acceptors (Lipinski definition) is 8. The number of thioether (sulfide) groups is 1. The molecule has 1 amide bonds. The van der Waals surface area contributed by atoms with Gasteiger partial charge in [0.15, 0.2) is 17.4 Å². The van der Waals surface area contributed by atoms with Crippen LogP contribution in [0, 0.1) is 0 Å². The largest absolute Gasteiger partial charge is 0.461 e. The van der Waals surface area contributed by atoms with Gasteiger partial charge in [0.05, 0.1) is 12.0 Å². The normalized spacial score (nSPS) is 10.9. The predicted molar refractivity (Wildman–Crippen MR) is 109 cm³/mol. The molecule has 9 nitrogen and oxygen atoms in total. The molecule has 0 radical (unpaired) electrons. The molecule has 0 bridgehead atoms. The van der Waals surface area contributed by atoms with E-state index in [9.17, 15) is 4.79 Å². The number of aromatic amines is 1. The van der Waals surface area contributed by atoms with Gasteiger partial charge in [-0.1, -0.05) is 38.9 Å². The number of anilines is 1. The Hall–Kier alpha value is -2.92. The van der Waals surface area contributed by atoms with E-state index in [1.54, 1.807) is 18.4 Å². The number of H-pyrrole nitrogens is 1. The van der Waals surface area contributed by atoms with Gasteiger partial charge in [-0.15, -0.1) is 5.10 Å². The maximum Gasteiger partial charge on any atom is 0.227 e. The van der Waals surface area contributed by atoms with E-state index in [1.165, 1.54) is 11.8 Å². The average Bonchev–Trinajstić information content (AvgIpc) is 3.46. The first-order valence-corrected chi connectivity index (χ1v) is 10.4. The Labute approximate surface area is 177 Å². The summed E-state index contributed by atoms with van der Waals surface area (Å²) in [5.41, 5.74) is 0.729. The number of nitrogens with zero attached hydrogens (tertiary/aromatic N) is 4. The number of halogens is 1. The fourth-order valence-electron chi connectivity index (χ4n) is 2.42. The highest BCUT2D eigenvalue weighted by Crippen LogP contribution is 2.22. The molecule has 29 heavy (non-hydrogen) atoms. The van der Waals surface area contributed by atoms with Crippen molar-refractivity contribution in [2.45, 2.75) is 23.8 Å². The molecule has 4 aromatic rings. The Morgan fingerprint density at radius 3 is 3.00 bits per heavy atom. The summed E-state index contributed by atoms with van der Waals surface area (Å²) in [4.78, 5) is 20.7. The van der Waals surface area contributed by atoms with Crippen LogP contribution >= 0.6 is 27.7 Å². The van der Waals surface area contributed by atoms with E-state index >= 15 is 0 Å². The van der Waals surface area contributed by atoms with E-state index in [0.717, 1.165) is 10.2 Å². The fourth-order valence-corrected chi connectivity index (χ4v) is 3.46. The monoisotopic (exact) mass is 474 g/mol. The molecule has 2 N–H and O–H groups in total. The lowest BCUT2D eigenvalue weighted by molar-refractivity contribution is -0.116. The minimum atomic E-state index is -0.122. The molecule has 148 valence electrons. The summed E-state index contributed by atoms with van der Waals surface area (Å²) >= 11 is 4.74. The third-order valence-electron chi connectivity index (χ3n) is 3.73. The highest BCUT2D eigenvalue weighted by Gasteiger charge is 2.12. The summed E-state index contributed by atoms with van der Waals surface area (Å²) in [5.74, 6) is 2.43. The van der Waals surface area contributed by atoms with Crippen molar-refractivity contribution in [2.24, 2.45) is 0 Å². The molecular weight excluding hydrogens is 460 g/mol. The molecule has 3 heterocycles. The van der Waals surface area contributed by atoms with E-state index in [1.807, 2.05) is 24.3 Å². The van der Waals surface area contributed by atoms with Gasteiger partial charge in [0.1, 0.15) is 0 Å². The second-order valence-corrected chi connectivity index (χ2v) is 7.75. The SMILES string of the molecule is O=C(CCc1nc(CSc2n[nH]c(-c3ccco3)n2)no1)Nc1cccc(Br)c1. The van der Waals surface area contributed by atoms with Crippen LogP contribution in [0.25, 0.3) is 11.6 Å². The summed E-state index contributed by atoms with van der Waals surface area (Å²) < 4.78 is 11.4. The maximum atomic E-state index is 12.1. The van der Waals surface area contributed by atoms with Gasteiger partial charge in [0.2, 0.25) is 17.0 Å². The zero-order chi connectivity index (χ0) is 20.1. The third kappa shape index (κ3) is 5.33. The minimum absolute atomic E-state index is 0.122. The number of aryl methyl sites for hydroxylation is 1. The number of hydrogen-bond donors (Lipinski definition) is 2. The molecule has 0 saturated heterocycles. The molecule has 4 rings (SSSR count). The van der Waals surface area contributed by atoms with E-state index in [4.69, 9.17) is 8.94 Å². The van der Waals surface area contributed by atoms with Gasteiger partial charge in [-0.25, -0.2) is 0 Å². The zero-order valence-corrected chi connectivity index (χ0v) is 17.4. The van der Waals surface area contributed by atoms with Crippen LogP contribution in [0.4, 0.5) is 5.69 Å². The summed E-state index contributed by atoms with van der Waals surface area (Å²) in [6.07, 6.45) is 2.18. The van der Waals surface area contributed by atoms with Crippen LogP contribution in [0.2, 0.25) is 0 Å². The molecule has 0 unspecified atom stereocenters. The van der Waals surface area contributed by atoms with Crippen LogP contribution in [-0.4, -0.2) is 31.2 Å². The lowest BCUT2D eigenvalue weighted by Crippen LogP contribution is -2.12. The first-order chi connectivity index (χ1) is 14.2. The highest BCUT2D eigenvalue weighted by molar-refractivity contribution is 9.10. The molecule has 11 heteroatoms. The fraction of sp³-hybridized carbons (Fsp3) is 0.167. The number of rotatable bonds is 8. The van der Waals surface area contributed by atoms with Gasteiger partial charge in [-0.2, -0.15) is 9.97 Å². The Bertz CT molecular complexity index is 1090. The van der Waals surface area contributed by atoms with E-state index in [2.05, 4.69) is 46.6 Å². The van der Waals surface area contributed by atoms with Gasteiger partial charge < -0.3 is 14.3 Å². The lowest BCUT2D eigenvalue weighted by Gasteiger charge is -2.04. The van der Waals surface area contributed by atoms with E-state index in [-0.39, 0.29) is 12.3 Å². The van der Waals surface area contributed by atoms with E-state index < -0.39 is 0 Å². The number of nitrogens with one attached hydrogen (secondary N) is 2. The molecule has 0 fully saturated rings. The molecule has 0 aliphatic rings. The summed E-state index contributed by atoms with van der Waals surface area (Å²) in [7, 11) is 0. The molecular formula is C18H15BrN6O3S. The van der Waals surface area contributed by atoms with Crippen molar-refractivity contribution in [2.75, 3.05) is 5.32 Å². The topological polar surface area (TPSA) is 123 Å². The van der Waals surface area contributed by atoms with Gasteiger partial charge in [0, 0.05) is 23.0 Å². The third-order valence-corrected chi connectivity index (χ3v) is 5.07. The van der Waals surface area contributed by atoms with Gasteiger partial charge >= 0.3 is 0 Å². The van der Waals surface area contributed by atoms with Crippen LogP contribution in [0.5, 0.6) is 0 Å². The smallest absolute Gasteiger partial charge is 0.227 e. The number of carbonyl (C=O) groups is 1. The van der Waals surface area contributed by atoms with Crippen molar-refractivity contribution in [3.8, 4) is 11.6 Å². The highest BCUT2D eigenvalue weighted by atomic mass is 79.9. The van der Waals surface area contributed by atoms with Crippen LogP contribution in [0.1, 0.15) is 18.1 Å². The molecule has 0 aliphatic carbocycles. The molecule has 0 aliphatic heterocycles. The standard InChI is InChI=1S/C18H15BrN6O3S/c19-11-3-1-4-12(9-11)20-15(26)6-7-16-21-14(25-28-16)10-29-18-22-17(23-24-18)13-5-2-8-27-13/h1-5,8-9H,6-7,10H2,(H,20,26)(H,22,23,24). The number of carbonyl (C=O) groups excluding carboxylic acids is 1. The Morgan fingerprint density at radius 2 is 2.17 bits per heavy atom. The lowest BCUT2D eigenvalue weighted by atomic mass is 10.2. The maximum absolute atomic E-state index is 12.1. The van der Waals surface area contributed by atoms with Crippen molar-refractivity contribution in [1.29, 1.82) is 0 Å². The quantitative estimate of drug-likeness (QED) is 0.366. The number of furan rings is 1. The summed E-state index contributed by atoms with van der Waals surface area (Å²) in [6.45, 7) is 0. The second kappa shape index (κ2) is 9.05.